The van der Waals surface area contributed by atoms with Crippen molar-refractivity contribution in [1.82, 2.24) is 19.9 Å². The van der Waals surface area contributed by atoms with Crippen LogP contribution in [0.2, 0.25) is 0 Å². The average molecular weight is 567 g/mol. The lowest BCUT2D eigenvalue weighted by Gasteiger charge is -2.49. The fourth-order valence-corrected chi connectivity index (χ4v) is 7.68. The molecular weight excluding hydrogens is 528 g/mol. The number of aromatic nitrogens is 4. The van der Waals surface area contributed by atoms with Gasteiger partial charge in [0, 0.05) is 0 Å². The SMILES string of the molecule is Cc1cc(C)c2c(c1)C(N(c1nc3ccccc3[nH]1)N(c1nc3ccccc3[nH]1)C1c3ccccc3CCC1C)CCC2. The lowest BCUT2D eigenvalue weighted by Crippen LogP contribution is -2.52. The summed E-state index contributed by atoms with van der Waals surface area (Å²) in [5, 5.41) is 4.94. The summed E-state index contributed by atoms with van der Waals surface area (Å²) in [7, 11) is 0. The number of imidazole rings is 2. The molecule has 3 atom stereocenters. The van der Waals surface area contributed by atoms with Crippen molar-refractivity contribution in [2.45, 2.75) is 65.0 Å². The van der Waals surface area contributed by atoms with Gasteiger partial charge in [0.15, 0.2) is 0 Å². The van der Waals surface area contributed by atoms with Crippen LogP contribution in [0.3, 0.4) is 0 Å². The Labute approximate surface area is 252 Å². The standard InChI is InChI=1S/C37H38N6/c1-23-21-25(3)27-13-10-18-34(29(27)22-23)42(36-38-30-14-6-7-15-31(30)39-36)43(37-40-32-16-8-9-17-33(32)41-37)35-24(2)19-20-26-11-4-5-12-28(26)35/h4-9,11-12,14-17,21-22,24,34-35H,10,13,18-20H2,1-3H3,(H,38,39)(H,40,41). The molecule has 0 spiro atoms. The van der Waals surface area contributed by atoms with E-state index < -0.39 is 0 Å². The van der Waals surface area contributed by atoms with Crippen LogP contribution in [0.4, 0.5) is 11.9 Å². The highest BCUT2D eigenvalue weighted by molar-refractivity contribution is 5.80. The van der Waals surface area contributed by atoms with E-state index in [9.17, 15) is 0 Å². The van der Waals surface area contributed by atoms with Crippen LogP contribution in [0.25, 0.3) is 22.1 Å². The van der Waals surface area contributed by atoms with Crippen molar-refractivity contribution in [3.8, 4) is 0 Å². The summed E-state index contributed by atoms with van der Waals surface area (Å²) in [5.74, 6) is 2.11. The highest BCUT2D eigenvalue weighted by Crippen LogP contribution is 2.47. The first kappa shape index (κ1) is 26.1. The first-order valence-electron chi connectivity index (χ1n) is 15.7. The summed E-state index contributed by atoms with van der Waals surface area (Å²) >= 11 is 0. The van der Waals surface area contributed by atoms with Crippen molar-refractivity contribution in [1.29, 1.82) is 0 Å². The van der Waals surface area contributed by atoms with E-state index in [0.29, 0.717) is 5.92 Å². The van der Waals surface area contributed by atoms with Crippen LogP contribution in [0, 0.1) is 19.8 Å². The Bertz CT molecular complexity index is 1880. The lowest BCUT2D eigenvalue weighted by atomic mass is 9.80. The number of hydrogen-bond acceptors (Lipinski definition) is 4. The molecule has 3 unspecified atom stereocenters. The third-order valence-electron chi connectivity index (χ3n) is 9.68. The van der Waals surface area contributed by atoms with E-state index in [1.54, 1.807) is 0 Å². The molecule has 2 N–H and O–H groups in total. The van der Waals surface area contributed by atoms with E-state index in [1.807, 2.05) is 0 Å². The molecule has 0 radical (unpaired) electrons. The number of aryl methyl sites for hydroxylation is 3. The van der Waals surface area contributed by atoms with Gasteiger partial charge in [-0.05, 0) is 104 Å². The monoisotopic (exact) mass is 566 g/mol. The summed E-state index contributed by atoms with van der Waals surface area (Å²) in [5.41, 5.74) is 12.4. The number of H-pyrrole nitrogens is 2. The van der Waals surface area contributed by atoms with Crippen molar-refractivity contribution in [3.05, 3.63) is 118 Å². The van der Waals surface area contributed by atoms with E-state index in [0.717, 1.165) is 66.1 Å². The number of para-hydroxylation sites is 4. The Morgan fingerprint density at radius 2 is 1.35 bits per heavy atom. The maximum absolute atomic E-state index is 5.27. The minimum absolute atomic E-state index is 0.0787. The fourth-order valence-electron chi connectivity index (χ4n) is 7.68. The molecule has 2 aromatic heterocycles. The lowest BCUT2D eigenvalue weighted by molar-refractivity contribution is 0.353. The molecule has 0 aliphatic heterocycles. The van der Waals surface area contributed by atoms with E-state index in [1.165, 1.54) is 33.4 Å². The minimum Gasteiger partial charge on any atom is -0.323 e. The second-order valence-electron chi connectivity index (χ2n) is 12.6. The van der Waals surface area contributed by atoms with Gasteiger partial charge in [0.05, 0.1) is 34.2 Å². The molecule has 0 saturated carbocycles. The van der Waals surface area contributed by atoms with Crippen molar-refractivity contribution in [2.24, 2.45) is 5.92 Å². The summed E-state index contributed by atoms with van der Waals surface area (Å²) in [6.07, 6.45) is 5.48. The molecule has 0 fully saturated rings. The Hall–Kier alpha value is -4.58. The third kappa shape index (κ3) is 4.39. The highest BCUT2D eigenvalue weighted by atomic mass is 15.7. The number of benzene rings is 4. The normalized spacial score (nSPS) is 19.7. The summed E-state index contributed by atoms with van der Waals surface area (Å²) < 4.78 is 0. The zero-order valence-electron chi connectivity index (χ0n) is 25.1. The molecule has 6 heteroatoms. The Balaban J connectivity index is 1.42. The number of fused-ring (bicyclic) bond motifs is 4. The second-order valence-corrected chi connectivity index (χ2v) is 12.6. The van der Waals surface area contributed by atoms with E-state index >= 15 is 0 Å². The molecule has 0 amide bonds. The van der Waals surface area contributed by atoms with Gasteiger partial charge in [-0.25, -0.2) is 20.0 Å². The fraction of sp³-hybridized carbons (Fsp3) is 0.297. The molecule has 2 aliphatic carbocycles. The van der Waals surface area contributed by atoms with E-state index in [4.69, 9.17) is 9.97 Å². The number of anilines is 2. The van der Waals surface area contributed by atoms with Crippen LogP contribution < -0.4 is 10.0 Å². The molecule has 0 saturated heterocycles. The summed E-state index contributed by atoms with van der Waals surface area (Å²) in [6.45, 7) is 6.90. The topological polar surface area (TPSA) is 63.8 Å². The van der Waals surface area contributed by atoms with Crippen LogP contribution in [-0.2, 0) is 12.8 Å². The second kappa shape index (κ2) is 10.3. The molecule has 2 aliphatic rings. The van der Waals surface area contributed by atoms with Gasteiger partial charge in [0.1, 0.15) is 0 Å². The van der Waals surface area contributed by atoms with Gasteiger partial charge in [-0.2, -0.15) is 0 Å². The molecule has 4 aromatic carbocycles. The maximum atomic E-state index is 5.27. The molecule has 2 heterocycles. The highest BCUT2D eigenvalue weighted by Gasteiger charge is 2.41. The van der Waals surface area contributed by atoms with Crippen molar-refractivity contribution in [2.75, 3.05) is 10.0 Å². The zero-order valence-corrected chi connectivity index (χ0v) is 25.1. The van der Waals surface area contributed by atoms with Crippen LogP contribution in [0.5, 0.6) is 0 Å². The number of nitrogens with one attached hydrogen (secondary N) is 2. The van der Waals surface area contributed by atoms with Crippen molar-refractivity contribution >= 4 is 34.0 Å². The molecule has 43 heavy (non-hydrogen) atoms. The van der Waals surface area contributed by atoms with Crippen molar-refractivity contribution < 1.29 is 0 Å². The van der Waals surface area contributed by atoms with Gasteiger partial charge in [0.2, 0.25) is 11.9 Å². The van der Waals surface area contributed by atoms with Crippen LogP contribution in [0.1, 0.15) is 71.7 Å². The predicted molar refractivity (Wildman–Crippen MR) is 175 cm³/mol. The van der Waals surface area contributed by atoms with Gasteiger partial charge in [-0.3, -0.25) is 0 Å². The van der Waals surface area contributed by atoms with Crippen molar-refractivity contribution in [3.63, 3.8) is 0 Å². The largest absolute Gasteiger partial charge is 0.323 e. The number of rotatable bonds is 5. The van der Waals surface area contributed by atoms with Crippen LogP contribution in [0.15, 0.2) is 84.9 Å². The van der Waals surface area contributed by atoms with Crippen LogP contribution >= 0.6 is 0 Å². The Morgan fingerprint density at radius 3 is 2.07 bits per heavy atom. The predicted octanol–water partition coefficient (Wildman–Crippen LogP) is 8.69. The van der Waals surface area contributed by atoms with E-state index in [2.05, 4.69) is 126 Å². The first-order valence-corrected chi connectivity index (χ1v) is 15.7. The average Bonchev–Trinajstić information content (AvgIpc) is 3.64. The van der Waals surface area contributed by atoms with Gasteiger partial charge in [0.25, 0.3) is 0 Å². The zero-order chi connectivity index (χ0) is 29.1. The molecule has 0 bridgehead atoms. The molecule has 6 aromatic rings. The molecule has 8 rings (SSSR count). The summed E-state index contributed by atoms with van der Waals surface area (Å²) in [6, 6.07) is 30.6. The smallest absolute Gasteiger partial charge is 0.223 e. The minimum atomic E-state index is 0.0787. The van der Waals surface area contributed by atoms with Gasteiger partial charge in [-0.15, -0.1) is 0 Å². The third-order valence-corrected chi connectivity index (χ3v) is 9.68. The van der Waals surface area contributed by atoms with Gasteiger partial charge >= 0.3 is 0 Å². The number of hydrazine groups is 1. The maximum Gasteiger partial charge on any atom is 0.223 e. The Kier molecular flexibility index (Phi) is 6.25. The van der Waals surface area contributed by atoms with E-state index in [-0.39, 0.29) is 12.1 Å². The van der Waals surface area contributed by atoms with Gasteiger partial charge in [-0.1, -0.05) is 73.2 Å². The Morgan fingerprint density at radius 1 is 0.698 bits per heavy atom. The quantitative estimate of drug-likeness (QED) is 0.205. The first-order chi connectivity index (χ1) is 21.0. The summed E-state index contributed by atoms with van der Waals surface area (Å²) in [4.78, 5) is 18.0. The number of hydrogen-bond donors (Lipinski definition) is 2. The molecule has 216 valence electrons. The van der Waals surface area contributed by atoms with Gasteiger partial charge < -0.3 is 9.97 Å². The number of nitrogens with zero attached hydrogens (tertiary/aromatic N) is 4. The molecular formula is C37H38N6. The van der Waals surface area contributed by atoms with Crippen LogP contribution in [-0.4, -0.2) is 19.9 Å². The molecule has 6 nitrogen and oxygen atoms in total. The number of aromatic amines is 2.